The molecule has 1 unspecified atom stereocenters. The van der Waals surface area contributed by atoms with Crippen LogP contribution in [0.2, 0.25) is 0 Å². The molecule has 2 aromatic rings. The standard InChI is InChI=1S/C14H13NO/c1-14(15-10-12-6-4-8-16-12)9-11-5-2-3-7-13(11)14/h2-8,10H,9H2,1H3. The first kappa shape index (κ1) is 9.40. The molecule has 1 aromatic heterocycles. The van der Waals surface area contributed by atoms with E-state index < -0.39 is 0 Å². The monoisotopic (exact) mass is 211 g/mol. The number of furan rings is 1. The molecule has 0 N–H and O–H groups in total. The molecule has 0 saturated carbocycles. The van der Waals surface area contributed by atoms with Crippen molar-refractivity contribution >= 4 is 6.21 Å². The lowest BCUT2D eigenvalue weighted by atomic mass is 9.72. The van der Waals surface area contributed by atoms with E-state index in [0.29, 0.717) is 0 Å². The number of hydrogen-bond acceptors (Lipinski definition) is 2. The van der Waals surface area contributed by atoms with Crippen molar-refractivity contribution in [3.05, 3.63) is 59.5 Å². The van der Waals surface area contributed by atoms with Crippen molar-refractivity contribution in [1.82, 2.24) is 0 Å². The number of nitrogens with zero attached hydrogens (tertiary/aromatic N) is 1. The number of rotatable bonds is 2. The largest absolute Gasteiger partial charge is 0.463 e. The van der Waals surface area contributed by atoms with Gasteiger partial charge in [0.15, 0.2) is 0 Å². The minimum atomic E-state index is -0.0661. The summed E-state index contributed by atoms with van der Waals surface area (Å²) in [6, 6.07) is 12.3. The van der Waals surface area contributed by atoms with Crippen LogP contribution in [0.25, 0.3) is 0 Å². The first-order valence-electron chi connectivity index (χ1n) is 5.45. The Balaban J connectivity index is 1.88. The van der Waals surface area contributed by atoms with Crippen molar-refractivity contribution < 1.29 is 4.42 Å². The lowest BCUT2D eigenvalue weighted by molar-refractivity contribution is 0.432. The molecule has 0 spiro atoms. The van der Waals surface area contributed by atoms with Crippen molar-refractivity contribution in [3.63, 3.8) is 0 Å². The molecule has 1 heterocycles. The summed E-state index contributed by atoms with van der Waals surface area (Å²) in [6.07, 6.45) is 4.49. The van der Waals surface area contributed by atoms with Gasteiger partial charge in [-0.3, -0.25) is 4.99 Å². The molecule has 0 radical (unpaired) electrons. The van der Waals surface area contributed by atoms with Gasteiger partial charge in [0.05, 0.1) is 18.0 Å². The van der Waals surface area contributed by atoms with E-state index in [1.54, 1.807) is 6.26 Å². The number of fused-ring (bicyclic) bond motifs is 1. The van der Waals surface area contributed by atoms with Crippen LogP contribution < -0.4 is 0 Å². The predicted molar refractivity (Wildman–Crippen MR) is 63.8 cm³/mol. The van der Waals surface area contributed by atoms with E-state index in [-0.39, 0.29) is 5.54 Å². The summed E-state index contributed by atoms with van der Waals surface area (Å²) in [4.78, 5) is 4.63. The van der Waals surface area contributed by atoms with Crippen LogP contribution in [0.4, 0.5) is 0 Å². The summed E-state index contributed by atoms with van der Waals surface area (Å²) in [7, 11) is 0. The van der Waals surface area contributed by atoms with Crippen molar-refractivity contribution in [3.8, 4) is 0 Å². The summed E-state index contributed by atoms with van der Waals surface area (Å²) in [5, 5.41) is 0. The fourth-order valence-electron chi connectivity index (χ4n) is 2.25. The average molecular weight is 211 g/mol. The van der Waals surface area contributed by atoms with Crippen LogP contribution in [-0.4, -0.2) is 6.21 Å². The first-order chi connectivity index (χ1) is 7.78. The van der Waals surface area contributed by atoms with E-state index >= 15 is 0 Å². The second kappa shape index (κ2) is 3.34. The Morgan fingerprint density at radius 1 is 1.25 bits per heavy atom. The minimum absolute atomic E-state index is 0.0661. The molecule has 0 saturated heterocycles. The summed E-state index contributed by atoms with van der Waals surface area (Å²) in [5.74, 6) is 0.811. The molecule has 1 aliphatic rings. The fourth-order valence-corrected chi connectivity index (χ4v) is 2.25. The minimum Gasteiger partial charge on any atom is -0.463 e. The number of hydrogen-bond donors (Lipinski definition) is 0. The van der Waals surface area contributed by atoms with Crippen molar-refractivity contribution in [2.24, 2.45) is 4.99 Å². The van der Waals surface area contributed by atoms with Crippen molar-refractivity contribution in [2.75, 3.05) is 0 Å². The van der Waals surface area contributed by atoms with E-state index in [2.05, 4.69) is 36.2 Å². The maximum atomic E-state index is 5.24. The van der Waals surface area contributed by atoms with E-state index in [1.807, 2.05) is 18.3 Å². The van der Waals surface area contributed by atoms with Gasteiger partial charge in [0.1, 0.15) is 5.76 Å². The zero-order chi connectivity index (χ0) is 11.0. The molecule has 0 aliphatic heterocycles. The Morgan fingerprint density at radius 2 is 2.12 bits per heavy atom. The highest BCUT2D eigenvalue weighted by molar-refractivity contribution is 5.76. The van der Waals surface area contributed by atoms with Crippen LogP contribution in [0.15, 0.2) is 52.1 Å². The van der Waals surface area contributed by atoms with Crippen LogP contribution in [0.1, 0.15) is 23.8 Å². The summed E-state index contributed by atoms with van der Waals surface area (Å²) < 4.78 is 5.24. The lowest BCUT2D eigenvalue weighted by Gasteiger charge is -2.37. The number of aliphatic imine (C=N–C) groups is 1. The van der Waals surface area contributed by atoms with Gasteiger partial charge in [0.25, 0.3) is 0 Å². The van der Waals surface area contributed by atoms with Gasteiger partial charge in [-0.25, -0.2) is 0 Å². The molecule has 1 aromatic carbocycles. The number of benzene rings is 1. The van der Waals surface area contributed by atoms with E-state index in [0.717, 1.165) is 12.2 Å². The summed E-state index contributed by atoms with van der Waals surface area (Å²) >= 11 is 0. The maximum absolute atomic E-state index is 5.24. The summed E-state index contributed by atoms with van der Waals surface area (Å²) in [5.41, 5.74) is 2.67. The molecular weight excluding hydrogens is 198 g/mol. The quantitative estimate of drug-likeness (QED) is 0.700. The van der Waals surface area contributed by atoms with Gasteiger partial charge in [-0.15, -0.1) is 0 Å². The molecule has 1 atom stereocenters. The Kier molecular flexibility index (Phi) is 1.96. The Morgan fingerprint density at radius 3 is 2.88 bits per heavy atom. The second-order valence-corrected chi connectivity index (χ2v) is 4.38. The van der Waals surface area contributed by atoms with Gasteiger partial charge in [-0.2, -0.15) is 0 Å². The van der Waals surface area contributed by atoms with Gasteiger partial charge in [-0.05, 0) is 30.2 Å². The third kappa shape index (κ3) is 1.38. The lowest BCUT2D eigenvalue weighted by Crippen LogP contribution is -2.33. The molecule has 80 valence electrons. The third-order valence-corrected chi connectivity index (χ3v) is 3.15. The Labute approximate surface area is 94.6 Å². The molecule has 1 aliphatic carbocycles. The van der Waals surface area contributed by atoms with E-state index in [9.17, 15) is 0 Å². The topological polar surface area (TPSA) is 25.5 Å². The predicted octanol–water partition coefficient (Wildman–Crippen LogP) is 3.17. The highest BCUT2D eigenvalue weighted by Crippen LogP contribution is 2.41. The van der Waals surface area contributed by atoms with E-state index in [1.165, 1.54) is 11.1 Å². The SMILES string of the molecule is CC1(N=Cc2ccco2)Cc2ccccc21. The zero-order valence-electron chi connectivity index (χ0n) is 9.18. The van der Waals surface area contributed by atoms with Gasteiger partial charge in [0, 0.05) is 6.42 Å². The van der Waals surface area contributed by atoms with Gasteiger partial charge < -0.3 is 4.42 Å². The third-order valence-electron chi connectivity index (χ3n) is 3.15. The maximum Gasteiger partial charge on any atom is 0.144 e. The van der Waals surface area contributed by atoms with Crippen LogP contribution in [0.5, 0.6) is 0 Å². The zero-order valence-corrected chi connectivity index (χ0v) is 9.18. The van der Waals surface area contributed by atoms with Crippen LogP contribution in [0, 0.1) is 0 Å². The normalized spacial score (nSPS) is 23.1. The first-order valence-corrected chi connectivity index (χ1v) is 5.45. The molecule has 0 amide bonds. The Hall–Kier alpha value is -1.83. The second-order valence-electron chi connectivity index (χ2n) is 4.38. The Bertz CT molecular complexity index is 527. The fraction of sp³-hybridized carbons (Fsp3) is 0.214. The molecular formula is C14H13NO. The average Bonchev–Trinajstić information content (AvgIpc) is 2.78. The van der Waals surface area contributed by atoms with E-state index in [4.69, 9.17) is 4.42 Å². The van der Waals surface area contributed by atoms with Crippen LogP contribution in [-0.2, 0) is 12.0 Å². The van der Waals surface area contributed by atoms with Crippen LogP contribution in [0.3, 0.4) is 0 Å². The molecule has 2 nitrogen and oxygen atoms in total. The van der Waals surface area contributed by atoms with Crippen molar-refractivity contribution in [2.45, 2.75) is 18.9 Å². The smallest absolute Gasteiger partial charge is 0.144 e. The van der Waals surface area contributed by atoms with Crippen molar-refractivity contribution in [1.29, 1.82) is 0 Å². The molecule has 0 bridgehead atoms. The highest BCUT2D eigenvalue weighted by atomic mass is 16.3. The molecule has 3 rings (SSSR count). The summed E-state index contributed by atoms with van der Waals surface area (Å²) in [6.45, 7) is 2.16. The van der Waals surface area contributed by atoms with Gasteiger partial charge in [0.2, 0.25) is 0 Å². The van der Waals surface area contributed by atoms with Gasteiger partial charge in [-0.1, -0.05) is 24.3 Å². The molecule has 16 heavy (non-hydrogen) atoms. The van der Waals surface area contributed by atoms with Gasteiger partial charge >= 0.3 is 0 Å². The molecule has 2 heteroatoms. The van der Waals surface area contributed by atoms with Crippen LogP contribution >= 0.6 is 0 Å². The molecule has 0 fully saturated rings. The highest BCUT2D eigenvalue weighted by Gasteiger charge is 2.37.